The molecule has 140 valence electrons. The first-order chi connectivity index (χ1) is 13.0. The van der Waals surface area contributed by atoms with Crippen molar-refractivity contribution >= 4 is 28.5 Å². The monoisotopic (exact) mass is 384 g/mol. The molecular weight excluding hydrogens is 363 g/mol. The lowest BCUT2D eigenvalue weighted by molar-refractivity contribution is 0.515. The van der Waals surface area contributed by atoms with Crippen molar-refractivity contribution in [3.8, 4) is 11.1 Å². The number of halogens is 1. The molecule has 0 radical (unpaired) electrons. The van der Waals surface area contributed by atoms with E-state index in [0.717, 1.165) is 31.1 Å². The second-order valence-corrected chi connectivity index (χ2v) is 7.77. The van der Waals surface area contributed by atoms with Gasteiger partial charge in [0.2, 0.25) is 0 Å². The van der Waals surface area contributed by atoms with E-state index in [2.05, 4.69) is 9.97 Å². The standard InChI is InChI=1S/C20H21FN4OS/c1-11-7-16(21)17(22)9-14(11)15-8-12-10-23-20(27-2)24-18(12)25(19(15)26)13-5-3-4-6-13/h7-10,13H,3-6,22H2,1-2H3. The third kappa shape index (κ3) is 3.10. The van der Waals surface area contributed by atoms with Gasteiger partial charge in [-0.05, 0) is 55.3 Å². The van der Waals surface area contributed by atoms with Crippen molar-refractivity contribution < 1.29 is 4.39 Å². The Balaban J connectivity index is 2.04. The smallest absolute Gasteiger partial charge is 0.260 e. The van der Waals surface area contributed by atoms with E-state index >= 15 is 0 Å². The van der Waals surface area contributed by atoms with Gasteiger partial charge in [0.05, 0.1) is 5.69 Å². The van der Waals surface area contributed by atoms with Crippen LogP contribution in [0.3, 0.4) is 0 Å². The molecule has 1 aromatic carbocycles. The highest BCUT2D eigenvalue weighted by Crippen LogP contribution is 2.33. The maximum atomic E-state index is 13.8. The van der Waals surface area contributed by atoms with Crippen LogP contribution >= 0.6 is 11.8 Å². The van der Waals surface area contributed by atoms with E-state index in [1.165, 1.54) is 17.8 Å². The Labute approximate surface area is 160 Å². The number of thioether (sulfide) groups is 1. The van der Waals surface area contributed by atoms with Crippen molar-refractivity contribution in [2.24, 2.45) is 0 Å². The first-order valence-corrected chi connectivity index (χ1v) is 10.2. The van der Waals surface area contributed by atoms with Crippen LogP contribution in [0.5, 0.6) is 0 Å². The molecule has 2 aromatic heterocycles. The normalized spacial score (nSPS) is 14.9. The second-order valence-electron chi connectivity index (χ2n) is 7.00. The van der Waals surface area contributed by atoms with Crippen molar-refractivity contribution in [2.75, 3.05) is 12.0 Å². The molecule has 0 amide bonds. The highest BCUT2D eigenvalue weighted by atomic mass is 32.2. The summed E-state index contributed by atoms with van der Waals surface area (Å²) in [5.74, 6) is -0.471. The summed E-state index contributed by atoms with van der Waals surface area (Å²) >= 11 is 1.45. The SMILES string of the molecule is CSc1ncc2cc(-c3cc(N)c(F)cc3C)c(=O)n(C3CCCC3)c2n1. The fraction of sp³-hybridized carbons (Fsp3) is 0.350. The van der Waals surface area contributed by atoms with E-state index in [4.69, 9.17) is 5.73 Å². The molecular formula is C20H21FN4OS. The summed E-state index contributed by atoms with van der Waals surface area (Å²) < 4.78 is 15.6. The average molecular weight is 384 g/mol. The summed E-state index contributed by atoms with van der Waals surface area (Å²) in [6.07, 6.45) is 7.80. The van der Waals surface area contributed by atoms with Crippen molar-refractivity contribution in [1.82, 2.24) is 14.5 Å². The number of pyridine rings is 1. The second kappa shape index (κ2) is 6.96. The summed E-state index contributed by atoms with van der Waals surface area (Å²) in [6, 6.07) is 4.85. The van der Waals surface area contributed by atoms with Crippen LogP contribution in [0.4, 0.5) is 10.1 Å². The number of hydrogen-bond donors (Lipinski definition) is 1. The fourth-order valence-electron chi connectivity index (χ4n) is 3.88. The molecule has 0 saturated heterocycles. The third-order valence-electron chi connectivity index (χ3n) is 5.26. The van der Waals surface area contributed by atoms with Crippen LogP contribution in [-0.4, -0.2) is 20.8 Å². The fourth-order valence-corrected chi connectivity index (χ4v) is 4.21. The molecule has 7 heteroatoms. The van der Waals surface area contributed by atoms with Gasteiger partial charge in [-0.3, -0.25) is 9.36 Å². The largest absolute Gasteiger partial charge is 0.396 e. The molecule has 4 rings (SSSR count). The zero-order valence-corrected chi connectivity index (χ0v) is 16.1. The van der Waals surface area contributed by atoms with E-state index in [1.807, 2.05) is 10.8 Å². The van der Waals surface area contributed by atoms with Gasteiger partial charge in [0.15, 0.2) is 5.16 Å². The lowest BCUT2D eigenvalue weighted by Crippen LogP contribution is -2.26. The number of aryl methyl sites for hydroxylation is 1. The van der Waals surface area contributed by atoms with Gasteiger partial charge >= 0.3 is 0 Å². The highest BCUT2D eigenvalue weighted by Gasteiger charge is 2.24. The van der Waals surface area contributed by atoms with E-state index in [0.29, 0.717) is 27.5 Å². The first-order valence-electron chi connectivity index (χ1n) is 9.02. The quantitative estimate of drug-likeness (QED) is 0.413. The van der Waals surface area contributed by atoms with E-state index in [-0.39, 0.29) is 17.3 Å². The van der Waals surface area contributed by atoms with Gasteiger partial charge in [0.1, 0.15) is 11.5 Å². The number of nitrogens with two attached hydrogens (primary N) is 1. The minimum absolute atomic E-state index is 0.0384. The number of nitrogens with zero attached hydrogens (tertiary/aromatic N) is 3. The summed E-state index contributed by atoms with van der Waals surface area (Å²) in [5, 5.41) is 1.44. The van der Waals surface area contributed by atoms with Gasteiger partial charge in [-0.25, -0.2) is 14.4 Å². The van der Waals surface area contributed by atoms with Crippen LogP contribution in [0.2, 0.25) is 0 Å². The molecule has 0 aliphatic heterocycles. The van der Waals surface area contributed by atoms with Gasteiger partial charge in [-0.2, -0.15) is 0 Å². The molecule has 5 nitrogen and oxygen atoms in total. The number of benzene rings is 1. The third-order valence-corrected chi connectivity index (χ3v) is 5.82. The summed E-state index contributed by atoms with van der Waals surface area (Å²) in [6.45, 7) is 1.79. The molecule has 0 bridgehead atoms. The molecule has 1 saturated carbocycles. The molecule has 0 spiro atoms. The summed E-state index contributed by atoms with van der Waals surface area (Å²) in [4.78, 5) is 22.5. The molecule has 2 heterocycles. The Morgan fingerprint density at radius 1 is 1.22 bits per heavy atom. The molecule has 2 N–H and O–H groups in total. The Hall–Kier alpha value is -2.41. The van der Waals surface area contributed by atoms with E-state index in [9.17, 15) is 9.18 Å². The Morgan fingerprint density at radius 2 is 1.96 bits per heavy atom. The van der Waals surface area contributed by atoms with Gasteiger partial charge < -0.3 is 5.73 Å². The molecule has 0 unspecified atom stereocenters. The zero-order valence-electron chi connectivity index (χ0n) is 15.3. The first kappa shape index (κ1) is 18.0. The van der Waals surface area contributed by atoms with Crippen molar-refractivity contribution in [3.63, 3.8) is 0 Å². The van der Waals surface area contributed by atoms with Gasteiger partial charge in [-0.1, -0.05) is 24.6 Å². The number of nitrogen functional groups attached to an aromatic ring is 1. The lowest BCUT2D eigenvalue weighted by Gasteiger charge is -2.19. The highest BCUT2D eigenvalue weighted by molar-refractivity contribution is 7.98. The topological polar surface area (TPSA) is 73.8 Å². The van der Waals surface area contributed by atoms with Crippen LogP contribution in [0.1, 0.15) is 37.3 Å². The Morgan fingerprint density at radius 3 is 2.67 bits per heavy atom. The predicted molar refractivity (Wildman–Crippen MR) is 108 cm³/mol. The molecule has 0 atom stereocenters. The number of aromatic nitrogens is 3. The van der Waals surface area contributed by atoms with Crippen molar-refractivity contribution in [3.05, 3.63) is 46.1 Å². The van der Waals surface area contributed by atoms with E-state index in [1.54, 1.807) is 25.3 Å². The molecule has 1 aliphatic carbocycles. The molecule has 27 heavy (non-hydrogen) atoms. The van der Waals surface area contributed by atoms with Crippen molar-refractivity contribution in [1.29, 1.82) is 0 Å². The van der Waals surface area contributed by atoms with E-state index < -0.39 is 5.82 Å². The minimum Gasteiger partial charge on any atom is -0.396 e. The van der Waals surface area contributed by atoms with Crippen LogP contribution in [-0.2, 0) is 0 Å². The maximum Gasteiger partial charge on any atom is 0.260 e. The predicted octanol–water partition coefficient (Wildman–Crippen LogP) is 4.33. The van der Waals surface area contributed by atoms with Gasteiger partial charge in [0, 0.05) is 23.2 Å². The summed E-state index contributed by atoms with van der Waals surface area (Å²) in [5.41, 5.74) is 8.23. The number of fused-ring (bicyclic) bond motifs is 1. The van der Waals surface area contributed by atoms with Crippen molar-refractivity contribution in [2.45, 2.75) is 43.8 Å². The minimum atomic E-state index is -0.471. The molecule has 1 aliphatic rings. The van der Waals surface area contributed by atoms with Crippen LogP contribution in [0, 0.1) is 12.7 Å². The van der Waals surface area contributed by atoms with Crippen LogP contribution in [0.25, 0.3) is 22.2 Å². The molecule has 3 aromatic rings. The Kier molecular flexibility index (Phi) is 4.63. The van der Waals surface area contributed by atoms with Gasteiger partial charge in [0.25, 0.3) is 5.56 Å². The maximum absolute atomic E-state index is 13.8. The molecule has 1 fully saturated rings. The Bertz CT molecular complexity index is 1090. The summed E-state index contributed by atoms with van der Waals surface area (Å²) in [7, 11) is 0. The number of hydrogen-bond acceptors (Lipinski definition) is 5. The van der Waals surface area contributed by atoms with Crippen LogP contribution in [0.15, 0.2) is 34.3 Å². The number of anilines is 1. The lowest BCUT2D eigenvalue weighted by atomic mass is 9.99. The average Bonchev–Trinajstić information content (AvgIpc) is 3.18. The van der Waals surface area contributed by atoms with Crippen LogP contribution < -0.4 is 11.3 Å². The zero-order chi connectivity index (χ0) is 19.1. The van der Waals surface area contributed by atoms with Gasteiger partial charge in [-0.15, -0.1) is 0 Å². The number of rotatable bonds is 3.